The van der Waals surface area contributed by atoms with Crippen LogP contribution in [0.4, 0.5) is 5.69 Å². The lowest BCUT2D eigenvalue weighted by atomic mass is 10.1. The number of nitrogens with zero attached hydrogens (tertiary/aromatic N) is 2. The van der Waals surface area contributed by atoms with E-state index in [0.29, 0.717) is 17.3 Å². The highest BCUT2D eigenvalue weighted by Crippen LogP contribution is 2.22. The van der Waals surface area contributed by atoms with Gasteiger partial charge in [0.15, 0.2) is 0 Å². The molecule has 0 saturated heterocycles. The van der Waals surface area contributed by atoms with Crippen molar-refractivity contribution < 1.29 is 9.90 Å². The van der Waals surface area contributed by atoms with Crippen LogP contribution in [0.1, 0.15) is 28.5 Å². The highest BCUT2D eigenvalue weighted by molar-refractivity contribution is 6.31. The summed E-state index contributed by atoms with van der Waals surface area (Å²) >= 11 is 5.92. The van der Waals surface area contributed by atoms with Crippen LogP contribution in [0.25, 0.3) is 0 Å². The van der Waals surface area contributed by atoms with Crippen molar-refractivity contribution in [1.29, 1.82) is 0 Å². The molecule has 20 heavy (non-hydrogen) atoms. The first kappa shape index (κ1) is 14.4. The monoisotopic (exact) mass is 293 g/mol. The summed E-state index contributed by atoms with van der Waals surface area (Å²) in [6.07, 6.45) is 2.76. The van der Waals surface area contributed by atoms with Gasteiger partial charge in [-0.25, -0.2) is 4.79 Å². The van der Waals surface area contributed by atoms with E-state index in [0.717, 1.165) is 17.7 Å². The number of hydrogen-bond acceptors (Lipinski definition) is 3. The van der Waals surface area contributed by atoms with E-state index in [1.807, 2.05) is 20.2 Å². The number of carboxylic acid groups (broad SMARTS) is 1. The lowest BCUT2D eigenvalue weighted by molar-refractivity contribution is 0.0698. The summed E-state index contributed by atoms with van der Waals surface area (Å²) in [7, 11) is 1.87. The van der Waals surface area contributed by atoms with Gasteiger partial charge in [-0.3, -0.25) is 4.68 Å². The zero-order valence-electron chi connectivity index (χ0n) is 11.4. The molecule has 0 spiro atoms. The van der Waals surface area contributed by atoms with Crippen LogP contribution in [-0.4, -0.2) is 20.9 Å². The van der Waals surface area contributed by atoms with Gasteiger partial charge in [-0.1, -0.05) is 18.5 Å². The summed E-state index contributed by atoms with van der Waals surface area (Å²) < 4.78 is 1.76. The maximum Gasteiger partial charge on any atom is 0.337 e. The molecule has 2 rings (SSSR count). The number of hydrogen-bond donors (Lipinski definition) is 2. The first-order valence-electron chi connectivity index (χ1n) is 6.29. The molecule has 0 radical (unpaired) electrons. The Labute approximate surface area is 122 Å². The second-order valence-electron chi connectivity index (χ2n) is 4.48. The van der Waals surface area contributed by atoms with E-state index < -0.39 is 5.97 Å². The lowest BCUT2D eigenvalue weighted by Gasteiger charge is -2.09. The van der Waals surface area contributed by atoms with Gasteiger partial charge in [-0.05, 0) is 24.6 Å². The molecular formula is C14H16ClN3O2. The zero-order chi connectivity index (χ0) is 14.7. The van der Waals surface area contributed by atoms with E-state index in [1.54, 1.807) is 16.8 Å². The van der Waals surface area contributed by atoms with Crippen molar-refractivity contribution >= 4 is 23.3 Å². The van der Waals surface area contributed by atoms with Crippen molar-refractivity contribution in [3.63, 3.8) is 0 Å². The minimum atomic E-state index is -0.980. The predicted molar refractivity (Wildman–Crippen MR) is 78.3 cm³/mol. The van der Waals surface area contributed by atoms with Crippen molar-refractivity contribution in [3.05, 3.63) is 46.2 Å². The third-order valence-corrected chi connectivity index (χ3v) is 3.24. The molecule has 106 valence electrons. The summed E-state index contributed by atoms with van der Waals surface area (Å²) in [6, 6.07) is 4.68. The van der Waals surface area contributed by atoms with Crippen molar-refractivity contribution in [1.82, 2.24) is 9.78 Å². The third-order valence-electron chi connectivity index (χ3n) is 3.01. The SMILES string of the molecule is CCc1nn(C)cc1CNc1cc(Cl)ccc1C(=O)O. The maximum absolute atomic E-state index is 11.2. The highest BCUT2D eigenvalue weighted by atomic mass is 35.5. The van der Waals surface area contributed by atoms with E-state index in [9.17, 15) is 4.79 Å². The van der Waals surface area contributed by atoms with Gasteiger partial charge < -0.3 is 10.4 Å². The van der Waals surface area contributed by atoms with Crippen LogP contribution >= 0.6 is 11.6 Å². The van der Waals surface area contributed by atoms with Crippen molar-refractivity contribution in [2.45, 2.75) is 19.9 Å². The van der Waals surface area contributed by atoms with Crippen LogP contribution < -0.4 is 5.32 Å². The van der Waals surface area contributed by atoms with Crippen molar-refractivity contribution in [3.8, 4) is 0 Å². The molecule has 2 N–H and O–H groups in total. The number of aromatic nitrogens is 2. The summed E-state index contributed by atoms with van der Waals surface area (Å²) in [6.45, 7) is 2.55. The number of aromatic carboxylic acids is 1. The first-order chi connectivity index (χ1) is 9.51. The fraction of sp³-hybridized carbons (Fsp3) is 0.286. The molecule has 0 bridgehead atoms. The Bertz CT molecular complexity index is 637. The fourth-order valence-electron chi connectivity index (χ4n) is 2.07. The number of carboxylic acids is 1. The van der Waals surface area contributed by atoms with Gasteiger partial charge in [0.2, 0.25) is 0 Å². The third kappa shape index (κ3) is 3.11. The Morgan fingerprint density at radius 2 is 2.25 bits per heavy atom. The van der Waals surface area contributed by atoms with Crippen LogP contribution in [0.15, 0.2) is 24.4 Å². The second-order valence-corrected chi connectivity index (χ2v) is 4.91. The van der Waals surface area contributed by atoms with E-state index in [-0.39, 0.29) is 5.56 Å². The van der Waals surface area contributed by atoms with Gasteiger partial charge in [0.25, 0.3) is 0 Å². The molecule has 2 aromatic rings. The van der Waals surface area contributed by atoms with E-state index >= 15 is 0 Å². The Morgan fingerprint density at radius 3 is 2.90 bits per heavy atom. The number of halogens is 1. The van der Waals surface area contributed by atoms with Crippen LogP contribution in [0.5, 0.6) is 0 Å². The minimum Gasteiger partial charge on any atom is -0.478 e. The van der Waals surface area contributed by atoms with Crippen molar-refractivity contribution in [2.24, 2.45) is 7.05 Å². The Hall–Kier alpha value is -2.01. The molecular weight excluding hydrogens is 278 g/mol. The lowest BCUT2D eigenvalue weighted by Crippen LogP contribution is -2.07. The largest absolute Gasteiger partial charge is 0.478 e. The quantitative estimate of drug-likeness (QED) is 0.889. The molecule has 5 nitrogen and oxygen atoms in total. The molecule has 1 heterocycles. The average Bonchev–Trinajstić information content (AvgIpc) is 2.76. The number of benzene rings is 1. The standard InChI is InChI=1S/C14H16ClN3O2/c1-3-12-9(8-18(2)17-12)7-16-13-6-10(15)4-5-11(13)14(19)20/h4-6,8,16H,3,7H2,1-2H3,(H,19,20). The number of rotatable bonds is 5. The van der Waals surface area contributed by atoms with Gasteiger partial charge in [0.1, 0.15) is 0 Å². The normalized spacial score (nSPS) is 10.6. The molecule has 0 unspecified atom stereocenters. The fourth-order valence-corrected chi connectivity index (χ4v) is 2.24. The molecule has 0 fully saturated rings. The molecule has 0 saturated carbocycles. The van der Waals surface area contributed by atoms with E-state index in [2.05, 4.69) is 10.4 Å². The number of nitrogens with one attached hydrogen (secondary N) is 1. The van der Waals surface area contributed by atoms with E-state index in [1.165, 1.54) is 6.07 Å². The Kier molecular flexibility index (Phi) is 4.29. The molecule has 6 heteroatoms. The van der Waals surface area contributed by atoms with Gasteiger partial charge in [-0.2, -0.15) is 5.10 Å². The number of aryl methyl sites for hydroxylation is 2. The Morgan fingerprint density at radius 1 is 1.50 bits per heavy atom. The van der Waals surface area contributed by atoms with Crippen LogP contribution in [0, 0.1) is 0 Å². The number of anilines is 1. The highest BCUT2D eigenvalue weighted by Gasteiger charge is 2.12. The average molecular weight is 294 g/mol. The molecule has 1 aromatic heterocycles. The Balaban J connectivity index is 2.22. The molecule has 1 aromatic carbocycles. The topological polar surface area (TPSA) is 67.2 Å². The number of carbonyl (C=O) groups is 1. The van der Waals surface area contributed by atoms with Crippen LogP contribution in [0.2, 0.25) is 5.02 Å². The molecule has 0 aliphatic rings. The van der Waals surface area contributed by atoms with Crippen LogP contribution in [0.3, 0.4) is 0 Å². The minimum absolute atomic E-state index is 0.205. The molecule has 0 aliphatic heterocycles. The van der Waals surface area contributed by atoms with Gasteiger partial charge in [0.05, 0.1) is 16.9 Å². The summed E-state index contributed by atoms with van der Waals surface area (Å²) in [5, 5.41) is 17.1. The second kappa shape index (κ2) is 5.96. The van der Waals surface area contributed by atoms with Crippen molar-refractivity contribution in [2.75, 3.05) is 5.32 Å². The molecule has 0 amide bonds. The summed E-state index contributed by atoms with van der Waals surface area (Å²) in [5.41, 5.74) is 2.76. The summed E-state index contributed by atoms with van der Waals surface area (Å²) in [5.74, 6) is -0.980. The van der Waals surface area contributed by atoms with E-state index in [4.69, 9.17) is 16.7 Å². The molecule has 0 aliphatic carbocycles. The zero-order valence-corrected chi connectivity index (χ0v) is 12.1. The van der Waals surface area contributed by atoms with Gasteiger partial charge in [0, 0.05) is 30.4 Å². The maximum atomic E-state index is 11.2. The van der Waals surface area contributed by atoms with Crippen LogP contribution in [-0.2, 0) is 20.0 Å². The van der Waals surface area contributed by atoms with Gasteiger partial charge >= 0.3 is 5.97 Å². The predicted octanol–water partition coefficient (Wildman–Crippen LogP) is 2.95. The van der Waals surface area contributed by atoms with Gasteiger partial charge in [-0.15, -0.1) is 0 Å². The smallest absolute Gasteiger partial charge is 0.337 e. The molecule has 0 atom stereocenters. The first-order valence-corrected chi connectivity index (χ1v) is 6.67. The summed E-state index contributed by atoms with van der Waals surface area (Å²) in [4.78, 5) is 11.2.